The Kier molecular flexibility index (Phi) is 5.27. The Morgan fingerprint density at radius 1 is 1.26 bits per heavy atom. The van der Waals surface area contributed by atoms with Crippen molar-refractivity contribution in [2.75, 3.05) is 40.3 Å². The number of hydrogen-bond donors (Lipinski definition) is 1. The summed E-state index contributed by atoms with van der Waals surface area (Å²) in [6.07, 6.45) is 6.89. The monoisotopic (exact) mass is 267 g/mol. The van der Waals surface area contributed by atoms with Crippen LogP contribution in [0.2, 0.25) is 0 Å². The number of likely N-dealkylation sites (N-methyl/N-ethyl adjacent to an activating group) is 1. The molecule has 1 atom stereocenters. The molecule has 1 saturated heterocycles. The van der Waals surface area contributed by atoms with E-state index in [1.807, 2.05) is 0 Å². The van der Waals surface area contributed by atoms with Gasteiger partial charge in [0.15, 0.2) is 0 Å². The van der Waals surface area contributed by atoms with Crippen molar-refractivity contribution in [2.24, 2.45) is 5.92 Å². The van der Waals surface area contributed by atoms with Crippen LogP contribution in [0.1, 0.15) is 46.0 Å². The van der Waals surface area contributed by atoms with E-state index in [0.717, 1.165) is 5.92 Å². The highest BCUT2D eigenvalue weighted by atomic mass is 15.2. The predicted molar refractivity (Wildman–Crippen MR) is 82.6 cm³/mol. The molecule has 19 heavy (non-hydrogen) atoms. The van der Waals surface area contributed by atoms with Gasteiger partial charge in [0, 0.05) is 18.1 Å². The van der Waals surface area contributed by atoms with Gasteiger partial charge in [-0.1, -0.05) is 6.92 Å². The van der Waals surface area contributed by atoms with E-state index >= 15 is 0 Å². The van der Waals surface area contributed by atoms with Gasteiger partial charge in [-0.15, -0.1) is 0 Å². The van der Waals surface area contributed by atoms with Crippen molar-refractivity contribution >= 4 is 0 Å². The minimum absolute atomic E-state index is 0.457. The van der Waals surface area contributed by atoms with Gasteiger partial charge in [-0.2, -0.15) is 0 Å². The number of piperidine rings is 1. The molecule has 0 radical (unpaired) electrons. The second-order valence-electron chi connectivity index (χ2n) is 6.91. The van der Waals surface area contributed by atoms with Crippen LogP contribution in [0.3, 0.4) is 0 Å². The molecule has 0 amide bonds. The summed E-state index contributed by atoms with van der Waals surface area (Å²) in [7, 11) is 4.48. The third-order valence-corrected chi connectivity index (χ3v) is 5.77. The average Bonchev–Trinajstić information content (AvgIpc) is 2.37. The molecule has 1 heterocycles. The van der Waals surface area contributed by atoms with Gasteiger partial charge in [-0.05, 0) is 78.7 Å². The Balaban J connectivity index is 1.74. The van der Waals surface area contributed by atoms with Gasteiger partial charge in [-0.3, -0.25) is 0 Å². The predicted octanol–water partition coefficient (Wildman–Crippen LogP) is 2.18. The first-order valence-corrected chi connectivity index (χ1v) is 8.20. The number of rotatable bonds is 6. The highest BCUT2D eigenvalue weighted by molar-refractivity contribution is 4.98. The molecular weight excluding hydrogens is 234 g/mol. The minimum Gasteiger partial charge on any atom is -0.312 e. The summed E-state index contributed by atoms with van der Waals surface area (Å²) in [6.45, 7) is 9.67. The molecule has 2 aliphatic rings. The quantitative estimate of drug-likeness (QED) is 0.796. The molecule has 1 unspecified atom stereocenters. The van der Waals surface area contributed by atoms with E-state index in [1.54, 1.807) is 0 Å². The Morgan fingerprint density at radius 2 is 1.89 bits per heavy atom. The van der Waals surface area contributed by atoms with Gasteiger partial charge in [0.2, 0.25) is 0 Å². The van der Waals surface area contributed by atoms with Crippen LogP contribution in [-0.4, -0.2) is 61.7 Å². The van der Waals surface area contributed by atoms with Crippen LogP contribution in [0.4, 0.5) is 0 Å². The molecule has 112 valence electrons. The maximum absolute atomic E-state index is 3.85. The lowest BCUT2D eigenvalue weighted by molar-refractivity contribution is 0.0529. The lowest BCUT2D eigenvalue weighted by atomic mass is 9.75. The molecule has 1 saturated carbocycles. The molecule has 1 aliphatic carbocycles. The third-order valence-electron chi connectivity index (χ3n) is 5.77. The molecule has 0 aromatic heterocycles. The van der Waals surface area contributed by atoms with Crippen LogP contribution in [0, 0.1) is 5.92 Å². The smallest absolute Gasteiger partial charge is 0.0328 e. The summed E-state index contributed by atoms with van der Waals surface area (Å²) >= 11 is 0. The maximum Gasteiger partial charge on any atom is 0.0328 e. The zero-order chi connectivity index (χ0) is 13.9. The fourth-order valence-electron chi connectivity index (χ4n) is 3.65. The molecule has 0 spiro atoms. The zero-order valence-electron chi connectivity index (χ0n) is 13.4. The van der Waals surface area contributed by atoms with Gasteiger partial charge in [-0.25, -0.2) is 0 Å². The molecule has 3 nitrogen and oxygen atoms in total. The first-order valence-electron chi connectivity index (χ1n) is 8.20. The fraction of sp³-hybridized carbons (Fsp3) is 1.00. The SMILES string of the molecule is CCN1CCC(C(C)NCC2(N(C)C)CCC2)CC1. The fourth-order valence-corrected chi connectivity index (χ4v) is 3.65. The summed E-state index contributed by atoms with van der Waals surface area (Å²) in [5, 5.41) is 3.85. The number of nitrogens with one attached hydrogen (secondary N) is 1. The molecule has 2 fully saturated rings. The summed E-state index contributed by atoms with van der Waals surface area (Å²) in [4.78, 5) is 5.02. The van der Waals surface area contributed by atoms with Gasteiger partial charge < -0.3 is 15.1 Å². The molecule has 2 rings (SSSR count). The highest BCUT2D eigenvalue weighted by Gasteiger charge is 2.39. The number of likely N-dealkylation sites (tertiary alicyclic amines) is 1. The summed E-state index contributed by atoms with van der Waals surface area (Å²) in [5.41, 5.74) is 0.457. The summed E-state index contributed by atoms with van der Waals surface area (Å²) < 4.78 is 0. The number of nitrogens with zero attached hydrogens (tertiary/aromatic N) is 2. The molecule has 0 bridgehead atoms. The zero-order valence-corrected chi connectivity index (χ0v) is 13.4. The van der Waals surface area contributed by atoms with Crippen molar-refractivity contribution in [3.05, 3.63) is 0 Å². The average molecular weight is 267 g/mol. The Bertz CT molecular complexity index is 265. The molecule has 3 heteroatoms. The molecular formula is C16H33N3. The first-order chi connectivity index (χ1) is 9.07. The van der Waals surface area contributed by atoms with Crippen LogP contribution in [0.5, 0.6) is 0 Å². The molecule has 0 aromatic rings. The van der Waals surface area contributed by atoms with Crippen LogP contribution >= 0.6 is 0 Å². The second-order valence-corrected chi connectivity index (χ2v) is 6.91. The van der Waals surface area contributed by atoms with E-state index in [9.17, 15) is 0 Å². The van der Waals surface area contributed by atoms with Crippen molar-refractivity contribution in [1.82, 2.24) is 15.1 Å². The van der Waals surface area contributed by atoms with E-state index in [4.69, 9.17) is 0 Å². The maximum atomic E-state index is 3.85. The molecule has 0 aromatic carbocycles. The van der Waals surface area contributed by atoms with Gasteiger partial charge in [0.1, 0.15) is 0 Å². The summed E-state index contributed by atoms with van der Waals surface area (Å²) in [6, 6.07) is 0.677. The largest absolute Gasteiger partial charge is 0.312 e. The highest BCUT2D eigenvalue weighted by Crippen LogP contribution is 2.35. The Morgan fingerprint density at radius 3 is 2.32 bits per heavy atom. The van der Waals surface area contributed by atoms with E-state index in [0.29, 0.717) is 11.6 Å². The van der Waals surface area contributed by atoms with Crippen molar-refractivity contribution in [1.29, 1.82) is 0 Å². The van der Waals surface area contributed by atoms with E-state index in [1.165, 1.54) is 58.3 Å². The minimum atomic E-state index is 0.457. The Labute approximate surface area is 119 Å². The van der Waals surface area contributed by atoms with Crippen molar-refractivity contribution in [2.45, 2.75) is 57.5 Å². The van der Waals surface area contributed by atoms with Gasteiger partial charge in [0.05, 0.1) is 0 Å². The topological polar surface area (TPSA) is 18.5 Å². The van der Waals surface area contributed by atoms with E-state index < -0.39 is 0 Å². The lowest BCUT2D eigenvalue weighted by Gasteiger charge is -2.48. The van der Waals surface area contributed by atoms with E-state index in [2.05, 4.69) is 43.1 Å². The third kappa shape index (κ3) is 3.50. The van der Waals surface area contributed by atoms with E-state index in [-0.39, 0.29) is 0 Å². The van der Waals surface area contributed by atoms with Crippen LogP contribution < -0.4 is 5.32 Å². The second kappa shape index (κ2) is 6.55. The van der Waals surface area contributed by atoms with Crippen molar-refractivity contribution in [3.63, 3.8) is 0 Å². The van der Waals surface area contributed by atoms with Crippen LogP contribution in [-0.2, 0) is 0 Å². The summed E-state index contributed by atoms with van der Waals surface area (Å²) in [5.74, 6) is 0.877. The van der Waals surface area contributed by atoms with Crippen molar-refractivity contribution in [3.8, 4) is 0 Å². The van der Waals surface area contributed by atoms with Gasteiger partial charge in [0.25, 0.3) is 0 Å². The van der Waals surface area contributed by atoms with Crippen LogP contribution in [0.25, 0.3) is 0 Å². The molecule has 1 N–H and O–H groups in total. The van der Waals surface area contributed by atoms with Crippen LogP contribution in [0.15, 0.2) is 0 Å². The lowest BCUT2D eigenvalue weighted by Crippen LogP contribution is -2.58. The first kappa shape index (κ1) is 15.3. The Hall–Kier alpha value is -0.120. The normalized spacial score (nSPS) is 26.4. The number of hydrogen-bond acceptors (Lipinski definition) is 3. The van der Waals surface area contributed by atoms with Gasteiger partial charge >= 0.3 is 0 Å². The molecule has 1 aliphatic heterocycles. The van der Waals surface area contributed by atoms with Crippen molar-refractivity contribution < 1.29 is 0 Å². The standard InChI is InChI=1S/C16H33N3/c1-5-19-11-7-15(8-12-19)14(2)17-13-16(18(3)4)9-6-10-16/h14-15,17H,5-13H2,1-4H3.